The molecule has 30 heavy (non-hydrogen) atoms. The van der Waals surface area contributed by atoms with Crippen LogP contribution in [0, 0.1) is 0 Å². The molecule has 6 rings (SSSR count). The maximum absolute atomic E-state index is 6.71. The van der Waals surface area contributed by atoms with Crippen LogP contribution in [0.5, 0.6) is 0 Å². The van der Waals surface area contributed by atoms with Crippen LogP contribution in [-0.4, -0.2) is 9.97 Å². The standard InChI is InChI=1S/C27H19ClN2/c1-27(2)22-10-6-5-9-20(22)24-25(27)30-26(28)23(29-24)18-14-13-17-12-11-16-7-3-4-8-19(16)21(17)15-18/h3-15H,1-2H3. The molecule has 0 amide bonds. The van der Waals surface area contributed by atoms with E-state index in [9.17, 15) is 0 Å². The van der Waals surface area contributed by atoms with E-state index in [1.165, 1.54) is 27.1 Å². The summed E-state index contributed by atoms with van der Waals surface area (Å²) in [6.45, 7) is 4.37. The number of halogens is 1. The van der Waals surface area contributed by atoms with E-state index in [0.29, 0.717) is 5.15 Å². The van der Waals surface area contributed by atoms with E-state index in [0.717, 1.165) is 28.2 Å². The van der Waals surface area contributed by atoms with Crippen molar-refractivity contribution >= 4 is 33.1 Å². The summed E-state index contributed by atoms with van der Waals surface area (Å²) in [6.07, 6.45) is 0. The number of hydrogen-bond donors (Lipinski definition) is 0. The molecule has 1 aliphatic carbocycles. The maximum Gasteiger partial charge on any atom is 0.155 e. The van der Waals surface area contributed by atoms with Crippen molar-refractivity contribution in [1.82, 2.24) is 9.97 Å². The first-order valence-electron chi connectivity index (χ1n) is 10.1. The van der Waals surface area contributed by atoms with E-state index in [1.54, 1.807) is 0 Å². The monoisotopic (exact) mass is 406 g/mol. The van der Waals surface area contributed by atoms with Crippen LogP contribution in [0.1, 0.15) is 25.1 Å². The van der Waals surface area contributed by atoms with Gasteiger partial charge in [-0.25, -0.2) is 9.97 Å². The minimum absolute atomic E-state index is 0.208. The summed E-state index contributed by atoms with van der Waals surface area (Å²) in [5.74, 6) is 0. The van der Waals surface area contributed by atoms with Crippen molar-refractivity contribution in [1.29, 1.82) is 0 Å². The molecular formula is C27H19ClN2. The van der Waals surface area contributed by atoms with Gasteiger partial charge in [-0.3, -0.25) is 0 Å². The van der Waals surface area contributed by atoms with Crippen LogP contribution in [0.4, 0.5) is 0 Å². The van der Waals surface area contributed by atoms with Gasteiger partial charge in [0.25, 0.3) is 0 Å². The van der Waals surface area contributed by atoms with Gasteiger partial charge in [-0.15, -0.1) is 0 Å². The molecule has 0 saturated carbocycles. The lowest BCUT2D eigenvalue weighted by molar-refractivity contribution is 0.635. The third-order valence-corrected chi connectivity index (χ3v) is 6.58. The Bertz CT molecular complexity index is 1480. The van der Waals surface area contributed by atoms with E-state index in [4.69, 9.17) is 21.6 Å². The van der Waals surface area contributed by atoms with Crippen LogP contribution in [0.2, 0.25) is 5.15 Å². The maximum atomic E-state index is 6.71. The fraction of sp³-hybridized carbons (Fsp3) is 0.111. The molecule has 0 spiro atoms. The van der Waals surface area contributed by atoms with E-state index >= 15 is 0 Å². The van der Waals surface area contributed by atoms with Crippen molar-refractivity contribution in [2.45, 2.75) is 19.3 Å². The highest BCUT2D eigenvalue weighted by molar-refractivity contribution is 6.32. The van der Waals surface area contributed by atoms with Crippen LogP contribution in [-0.2, 0) is 5.41 Å². The van der Waals surface area contributed by atoms with Gasteiger partial charge < -0.3 is 0 Å². The molecule has 3 heteroatoms. The van der Waals surface area contributed by atoms with Crippen molar-refractivity contribution in [3.63, 3.8) is 0 Å². The molecule has 0 radical (unpaired) electrons. The molecule has 0 unspecified atom stereocenters. The first-order valence-corrected chi connectivity index (χ1v) is 10.5. The molecule has 0 saturated heterocycles. The second kappa shape index (κ2) is 6.13. The van der Waals surface area contributed by atoms with Crippen LogP contribution in [0.3, 0.4) is 0 Å². The Morgan fingerprint density at radius 1 is 0.700 bits per heavy atom. The number of aromatic nitrogens is 2. The summed E-state index contributed by atoms with van der Waals surface area (Å²) in [4.78, 5) is 9.90. The minimum Gasteiger partial charge on any atom is -0.243 e. The Hall–Kier alpha value is -3.23. The zero-order chi connectivity index (χ0) is 20.5. The summed E-state index contributed by atoms with van der Waals surface area (Å²) in [5, 5.41) is 5.31. The summed E-state index contributed by atoms with van der Waals surface area (Å²) < 4.78 is 0. The number of rotatable bonds is 1. The van der Waals surface area contributed by atoms with Gasteiger partial charge in [0.1, 0.15) is 5.69 Å². The van der Waals surface area contributed by atoms with Gasteiger partial charge in [0.2, 0.25) is 0 Å². The van der Waals surface area contributed by atoms with Crippen LogP contribution >= 0.6 is 11.6 Å². The zero-order valence-electron chi connectivity index (χ0n) is 16.8. The average Bonchev–Trinajstić information content (AvgIpc) is 2.99. The average molecular weight is 407 g/mol. The predicted octanol–water partition coefficient (Wildman–Crippen LogP) is 7.41. The van der Waals surface area contributed by atoms with Gasteiger partial charge >= 0.3 is 0 Å². The van der Waals surface area contributed by atoms with Crippen molar-refractivity contribution in [2.24, 2.45) is 0 Å². The van der Waals surface area contributed by atoms with Crippen LogP contribution in [0.25, 0.3) is 44.1 Å². The predicted molar refractivity (Wildman–Crippen MR) is 125 cm³/mol. The fourth-order valence-electron chi connectivity index (χ4n) is 4.73. The molecule has 144 valence electrons. The Labute approximate surface area is 180 Å². The molecule has 1 aromatic heterocycles. The third-order valence-electron chi connectivity index (χ3n) is 6.32. The van der Waals surface area contributed by atoms with Gasteiger partial charge in [0.15, 0.2) is 5.15 Å². The van der Waals surface area contributed by atoms with Crippen molar-refractivity contribution < 1.29 is 0 Å². The summed E-state index contributed by atoms with van der Waals surface area (Å²) in [5.41, 5.74) is 5.79. The second-order valence-electron chi connectivity index (χ2n) is 8.45. The summed E-state index contributed by atoms with van der Waals surface area (Å²) in [6, 6.07) is 27.6. The van der Waals surface area contributed by atoms with E-state index < -0.39 is 0 Å². The highest BCUT2D eigenvalue weighted by Gasteiger charge is 2.38. The second-order valence-corrected chi connectivity index (χ2v) is 8.81. The number of hydrogen-bond acceptors (Lipinski definition) is 2. The lowest BCUT2D eigenvalue weighted by Gasteiger charge is -2.20. The molecule has 4 aromatic carbocycles. The molecule has 5 aromatic rings. The highest BCUT2D eigenvalue weighted by atomic mass is 35.5. The first-order chi connectivity index (χ1) is 14.5. The SMILES string of the molecule is CC1(C)c2ccccc2-c2nc(-c3ccc4ccc5ccccc5c4c3)c(Cl)nc21. The van der Waals surface area contributed by atoms with Gasteiger partial charge in [-0.05, 0) is 33.2 Å². The first kappa shape index (κ1) is 17.6. The van der Waals surface area contributed by atoms with Gasteiger partial charge in [-0.1, -0.05) is 98.2 Å². The summed E-state index contributed by atoms with van der Waals surface area (Å²) >= 11 is 6.71. The largest absolute Gasteiger partial charge is 0.243 e. The Morgan fingerprint density at radius 3 is 2.27 bits per heavy atom. The lowest BCUT2D eigenvalue weighted by Crippen LogP contribution is -2.17. The van der Waals surface area contributed by atoms with E-state index in [1.807, 2.05) is 0 Å². The van der Waals surface area contributed by atoms with Crippen molar-refractivity contribution in [3.8, 4) is 22.5 Å². The van der Waals surface area contributed by atoms with Crippen molar-refractivity contribution in [2.75, 3.05) is 0 Å². The molecule has 0 aliphatic heterocycles. The Balaban J connectivity index is 1.61. The summed E-state index contributed by atoms with van der Waals surface area (Å²) in [7, 11) is 0. The topological polar surface area (TPSA) is 25.8 Å². The fourth-order valence-corrected chi connectivity index (χ4v) is 4.97. The molecule has 1 aliphatic rings. The smallest absolute Gasteiger partial charge is 0.155 e. The van der Waals surface area contributed by atoms with Gasteiger partial charge in [0, 0.05) is 16.5 Å². The minimum atomic E-state index is -0.208. The van der Waals surface area contributed by atoms with E-state index in [2.05, 4.69) is 92.7 Å². The molecule has 0 bridgehead atoms. The third kappa shape index (κ3) is 2.37. The molecule has 0 atom stereocenters. The van der Waals surface area contributed by atoms with Gasteiger partial charge in [-0.2, -0.15) is 0 Å². The highest BCUT2D eigenvalue weighted by Crippen LogP contribution is 2.48. The molecular weight excluding hydrogens is 388 g/mol. The molecule has 1 heterocycles. The molecule has 0 fully saturated rings. The normalized spacial score (nSPS) is 14.1. The van der Waals surface area contributed by atoms with Crippen molar-refractivity contribution in [3.05, 3.63) is 95.3 Å². The Morgan fingerprint density at radius 2 is 1.40 bits per heavy atom. The van der Waals surface area contributed by atoms with Gasteiger partial charge in [0.05, 0.1) is 11.4 Å². The number of nitrogens with zero attached hydrogens (tertiary/aromatic N) is 2. The molecule has 0 N–H and O–H groups in total. The number of fused-ring (bicyclic) bond motifs is 6. The van der Waals surface area contributed by atoms with E-state index in [-0.39, 0.29) is 5.41 Å². The zero-order valence-corrected chi connectivity index (χ0v) is 17.5. The molecule has 2 nitrogen and oxygen atoms in total. The van der Waals surface area contributed by atoms with Crippen LogP contribution < -0.4 is 0 Å². The van der Waals surface area contributed by atoms with Crippen LogP contribution in [0.15, 0.2) is 78.9 Å². The number of benzene rings is 4. The quantitative estimate of drug-likeness (QED) is 0.271. The Kier molecular flexibility index (Phi) is 3.60. The lowest BCUT2D eigenvalue weighted by atomic mass is 9.85.